The highest BCUT2D eigenvalue weighted by atomic mass is 16.6. The van der Waals surface area contributed by atoms with E-state index in [9.17, 15) is 14.4 Å². The van der Waals surface area contributed by atoms with Crippen LogP contribution >= 0.6 is 0 Å². The van der Waals surface area contributed by atoms with E-state index in [4.69, 9.17) is 28.4 Å². The fraction of sp³-hybridized carbons (Fsp3) is 0.438. The van der Waals surface area contributed by atoms with Crippen LogP contribution in [-0.2, 0) is 42.8 Å². The molecule has 0 aromatic heterocycles. The lowest BCUT2D eigenvalue weighted by Crippen LogP contribution is -2.27. The average molecular weight is 831 g/mol. The number of unbranched alkanes of at least 4 members (excludes halogenated alkanes) is 6. The molecular formula is C48H62O12. The van der Waals surface area contributed by atoms with Gasteiger partial charge in [-0.15, -0.1) is 0 Å². The van der Waals surface area contributed by atoms with E-state index in [2.05, 4.69) is 14.2 Å². The van der Waals surface area contributed by atoms with Crippen molar-refractivity contribution in [2.75, 3.05) is 74.2 Å². The maximum atomic E-state index is 11.3. The Balaban J connectivity index is 1.30. The van der Waals surface area contributed by atoms with E-state index < -0.39 is 17.9 Å². The summed E-state index contributed by atoms with van der Waals surface area (Å²) in [6.07, 6.45) is 17.5. The van der Waals surface area contributed by atoms with Gasteiger partial charge < -0.3 is 42.6 Å². The van der Waals surface area contributed by atoms with Crippen molar-refractivity contribution >= 4 is 36.1 Å². The zero-order valence-corrected chi connectivity index (χ0v) is 35.4. The van der Waals surface area contributed by atoms with Gasteiger partial charge in [-0.25, -0.2) is 14.4 Å². The Morgan fingerprint density at radius 2 is 0.717 bits per heavy atom. The van der Waals surface area contributed by atoms with E-state index in [1.165, 1.54) is 39.6 Å². The molecule has 0 aliphatic rings. The van der Waals surface area contributed by atoms with Crippen molar-refractivity contribution < 1.29 is 57.0 Å². The van der Waals surface area contributed by atoms with Crippen LogP contribution in [0.15, 0.2) is 91.0 Å². The third-order valence-electron chi connectivity index (χ3n) is 8.90. The van der Waals surface area contributed by atoms with Crippen LogP contribution in [0.3, 0.4) is 0 Å². The highest BCUT2D eigenvalue weighted by Gasteiger charge is 2.11. The fourth-order valence-corrected chi connectivity index (χ4v) is 5.46. The summed E-state index contributed by atoms with van der Waals surface area (Å²) in [5.74, 6) is 1.18. The topological polar surface area (TPSA) is 134 Å². The summed E-state index contributed by atoms with van der Waals surface area (Å²) in [4.78, 5) is 33.9. The number of hydrogen-bond donors (Lipinski definition) is 0. The molecule has 0 saturated heterocycles. The van der Waals surface area contributed by atoms with Crippen molar-refractivity contribution in [3.63, 3.8) is 0 Å². The van der Waals surface area contributed by atoms with E-state index >= 15 is 0 Å². The Morgan fingerprint density at radius 1 is 0.417 bits per heavy atom. The highest BCUT2D eigenvalue weighted by Crippen LogP contribution is 2.17. The van der Waals surface area contributed by atoms with E-state index in [1.807, 2.05) is 72.8 Å². The molecule has 3 rings (SSSR count). The fourth-order valence-electron chi connectivity index (χ4n) is 5.46. The minimum absolute atomic E-state index is 0.157. The van der Waals surface area contributed by atoms with E-state index in [-0.39, 0.29) is 6.10 Å². The molecule has 0 N–H and O–H groups in total. The maximum Gasteiger partial charge on any atom is 0.330 e. The number of benzene rings is 3. The van der Waals surface area contributed by atoms with Crippen LogP contribution in [-0.4, -0.2) is 98.2 Å². The molecule has 0 heterocycles. The van der Waals surface area contributed by atoms with Crippen LogP contribution < -0.4 is 14.2 Å². The second-order valence-corrected chi connectivity index (χ2v) is 13.6. The Morgan fingerprint density at radius 3 is 1.03 bits per heavy atom. The smallest absolute Gasteiger partial charge is 0.330 e. The molecule has 0 unspecified atom stereocenters. The van der Waals surface area contributed by atoms with Gasteiger partial charge in [-0.3, -0.25) is 0 Å². The first-order valence-corrected chi connectivity index (χ1v) is 20.6. The van der Waals surface area contributed by atoms with Gasteiger partial charge in [0.25, 0.3) is 0 Å². The highest BCUT2D eigenvalue weighted by molar-refractivity contribution is 5.88. The summed E-state index contributed by atoms with van der Waals surface area (Å²) >= 11 is 0. The first kappa shape index (κ1) is 48.9. The van der Waals surface area contributed by atoms with Gasteiger partial charge in [-0.1, -0.05) is 36.4 Å². The summed E-state index contributed by atoms with van der Waals surface area (Å²) in [5, 5.41) is 0. The van der Waals surface area contributed by atoms with Gasteiger partial charge in [-0.05, 0) is 129 Å². The zero-order valence-electron chi connectivity index (χ0n) is 35.4. The van der Waals surface area contributed by atoms with Crippen LogP contribution in [0, 0.1) is 0 Å². The molecule has 0 amide bonds. The minimum Gasteiger partial charge on any atom is -0.494 e. The van der Waals surface area contributed by atoms with Gasteiger partial charge in [0.1, 0.15) is 23.4 Å². The van der Waals surface area contributed by atoms with Crippen LogP contribution in [0.25, 0.3) is 18.2 Å². The molecule has 0 bridgehead atoms. The molecular weight excluding hydrogens is 769 g/mol. The first-order valence-electron chi connectivity index (χ1n) is 20.6. The van der Waals surface area contributed by atoms with Gasteiger partial charge in [0.05, 0.1) is 54.4 Å². The van der Waals surface area contributed by atoms with Crippen molar-refractivity contribution in [2.45, 2.75) is 63.9 Å². The average Bonchev–Trinajstić information content (AvgIpc) is 3.28. The summed E-state index contributed by atoms with van der Waals surface area (Å²) in [6.45, 7) is 4.63. The van der Waals surface area contributed by atoms with Crippen molar-refractivity contribution in [2.24, 2.45) is 0 Å². The van der Waals surface area contributed by atoms with Crippen LogP contribution in [0.2, 0.25) is 0 Å². The summed E-state index contributed by atoms with van der Waals surface area (Å²) in [5.41, 5.74) is 2.68. The molecule has 0 radical (unpaired) electrons. The number of methoxy groups -OCH3 is 3. The molecule has 326 valence electrons. The molecule has 0 aliphatic heterocycles. The third-order valence-corrected chi connectivity index (χ3v) is 8.90. The largest absolute Gasteiger partial charge is 0.494 e. The van der Waals surface area contributed by atoms with Crippen LogP contribution in [0.5, 0.6) is 17.2 Å². The lowest BCUT2D eigenvalue weighted by molar-refractivity contribution is -0.135. The molecule has 0 fully saturated rings. The molecule has 0 aliphatic carbocycles. The Hall–Kier alpha value is -5.43. The predicted molar refractivity (Wildman–Crippen MR) is 232 cm³/mol. The van der Waals surface area contributed by atoms with Crippen LogP contribution in [0.4, 0.5) is 0 Å². The van der Waals surface area contributed by atoms with Gasteiger partial charge in [0.2, 0.25) is 0 Å². The lowest BCUT2D eigenvalue weighted by Gasteiger charge is -2.18. The number of carbonyl (C=O) groups excluding carboxylic acids is 3. The van der Waals surface area contributed by atoms with E-state index in [0.29, 0.717) is 52.9 Å². The zero-order chi connectivity index (χ0) is 42.9. The first-order chi connectivity index (χ1) is 29.4. The standard InChI is InChI=1S/C48H62O12/c1-52-46(49)28-19-39-13-22-42(23-14-39)57-33-9-4-7-31-55-37-45(60-36-12-6-11-35-59-44-26-17-41(18-27-44)21-30-48(51)54-3)38-56-32-8-5-10-34-58-43-24-15-40(16-25-43)20-29-47(50)53-2/h13-30,45H,4-12,31-38H2,1-3H3/b28-19+,29-20+,30-21+. The number of carbonyl (C=O) groups is 3. The SMILES string of the molecule is COC(=O)/C=C/c1ccc(OCCCCCOCC(COCCCCCOc2ccc(/C=C/C(=O)OC)cc2)OCCCCCOc2ccc(/C=C/C(=O)OC)cc2)cc1. The van der Waals surface area contributed by atoms with Gasteiger partial charge in [0.15, 0.2) is 0 Å². The van der Waals surface area contributed by atoms with Gasteiger partial charge in [-0.2, -0.15) is 0 Å². The normalized spacial score (nSPS) is 11.4. The molecule has 3 aromatic carbocycles. The predicted octanol–water partition coefficient (Wildman–Crippen LogP) is 8.71. The molecule has 0 atom stereocenters. The maximum absolute atomic E-state index is 11.3. The summed E-state index contributed by atoms with van der Waals surface area (Å²) in [6, 6.07) is 22.7. The van der Waals surface area contributed by atoms with Gasteiger partial charge >= 0.3 is 17.9 Å². The van der Waals surface area contributed by atoms with E-state index in [0.717, 1.165) is 91.7 Å². The van der Waals surface area contributed by atoms with Crippen molar-refractivity contribution in [3.05, 3.63) is 108 Å². The third kappa shape index (κ3) is 23.2. The number of esters is 3. The van der Waals surface area contributed by atoms with Crippen molar-refractivity contribution in [1.82, 2.24) is 0 Å². The Kier molecular flexibility index (Phi) is 25.7. The van der Waals surface area contributed by atoms with Crippen molar-refractivity contribution in [3.8, 4) is 17.2 Å². The molecule has 12 nitrogen and oxygen atoms in total. The monoisotopic (exact) mass is 830 g/mol. The summed E-state index contributed by atoms with van der Waals surface area (Å²) < 4.78 is 49.7. The molecule has 12 heteroatoms. The Labute approximate surface area is 355 Å². The second-order valence-electron chi connectivity index (χ2n) is 13.6. The molecule has 0 spiro atoms. The second kappa shape index (κ2) is 31.5. The number of hydrogen-bond acceptors (Lipinski definition) is 12. The Bertz CT molecular complexity index is 1610. The lowest BCUT2D eigenvalue weighted by atomic mass is 10.2. The summed E-state index contributed by atoms with van der Waals surface area (Å²) in [7, 11) is 4.05. The molecule has 3 aromatic rings. The van der Waals surface area contributed by atoms with Crippen LogP contribution in [0.1, 0.15) is 74.5 Å². The van der Waals surface area contributed by atoms with E-state index in [1.54, 1.807) is 18.2 Å². The molecule has 60 heavy (non-hydrogen) atoms. The van der Waals surface area contributed by atoms with Gasteiger partial charge in [0, 0.05) is 38.0 Å². The quantitative estimate of drug-likeness (QED) is 0.0258. The number of ether oxygens (including phenoxy) is 9. The molecule has 0 saturated carbocycles. The van der Waals surface area contributed by atoms with Crippen molar-refractivity contribution in [1.29, 1.82) is 0 Å². The number of rotatable bonds is 32. The minimum atomic E-state index is -0.392.